The zero-order valence-corrected chi connectivity index (χ0v) is 8.53. The lowest BCUT2D eigenvalue weighted by Gasteiger charge is -2.10. The SMILES string of the molecule is C=CC(=O)Nc1ccccc1OCOC. The van der Waals surface area contributed by atoms with E-state index in [1.807, 2.05) is 6.07 Å². The normalized spacial score (nSPS) is 9.40. The second kappa shape index (κ2) is 5.82. The van der Waals surface area contributed by atoms with Crippen LogP contribution in [0.5, 0.6) is 5.75 Å². The first-order valence-electron chi connectivity index (χ1n) is 4.42. The van der Waals surface area contributed by atoms with Gasteiger partial charge >= 0.3 is 0 Å². The molecule has 1 aromatic carbocycles. The first-order chi connectivity index (χ1) is 7.27. The second-order valence-corrected chi connectivity index (χ2v) is 2.74. The summed E-state index contributed by atoms with van der Waals surface area (Å²) in [5, 5.41) is 2.63. The molecule has 0 spiro atoms. The Morgan fingerprint density at radius 3 is 2.93 bits per heavy atom. The minimum Gasteiger partial charge on any atom is -0.465 e. The molecule has 1 amide bonds. The molecule has 0 fully saturated rings. The van der Waals surface area contributed by atoms with Crippen molar-refractivity contribution in [3.8, 4) is 5.75 Å². The standard InChI is InChI=1S/C11H13NO3/c1-3-11(13)12-9-6-4-5-7-10(9)15-8-14-2/h3-7H,1,8H2,2H3,(H,12,13). The highest BCUT2D eigenvalue weighted by molar-refractivity contribution is 5.99. The van der Waals surface area contributed by atoms with Gasteiger partial charge in [-0.2, -0.15) is 0 Å². The van der Waals surface area contributed by atoms with Gasteiger partial charge in [0.2, 0.25) is 5.91 Å². The van der Waals surface area contributed by atoms with Crippen molar-refractivity contribution in [2.24, 2.45) is 0 Å². The molecule has 1 aromatic rings. The molecule has 0 atom stereocenters. The minimum absolute atomic E-state index is 0.140. The predicted octanol–water partition coefficient (Wildman–Crippen LogP) is 1.79. The van der Waals surface area contributed by atoms with Crippen LogP contribution >= 0.6 is 0 Å². The summed E-state index contributed by atoms with van der Waals surface area (Å²) in [6.45, 7) is 3.51. The summed E-state index contributed by atoms with van der Waals surface area (Å²) in [6.07, 6.45) is 1.20. The van der Waals surface area contributed by atoms with Crippen molar-refractivity contribution < 1.29 is 14.3 Å². The fraction of sp³-hybridized carbons (Fsp3) is 0.182. The molecule has 0 saturated carbocycles. The van der Waals surface area contributed by atoms with Crippen LogP contribution in [0, 0.1) is 0 Å². The minimum atomic E-state index is -0.275. The van der Waals surface area contributed by atoms with E-state index in [1.54, 1.807) is 18.2 Å². The van der Waals surface area contributed by atoms with E-state index >= 15 is 0 Å². The van der Waals surface area contributed by atoms with E-state index in [-0.39, 0.29) is 12.7 Å². The molecule has 0 aliphatic heterocycles. The Labute approximate surface area is 88.5 Å². The smallest absolute Gasteiger partial charge is 0.247 e. The van der Waals surface area contributed by atoms with Gasteiger partial charge in [-0.15, -0.1) is 0 Å². The van der Waals surface area contributed by atoms with Crippen molar-refractivity contribution in [2.45, 2.75) is 0 Å². The topological polar surface area (TPSA) is 47.6 Å². The molecule has 0 bridgehead atoms. The predicted molar refractivity (Wildman–Crippen MR) is 57.8 cm³/mol. The third-order valence-corrected chi connectivity index (χ3v) is 1.66. The summed E-state index contributed by atoms with van der Waals surface area (Å²) in [6, 6.07) is 7.11. The summed E-state index contributed by atoms with van der Waals surface area (Å²) in [5.41, 5.74) is 0.597. The maximum atomic E-state index is 11.1. The second-order valence-electron chi connectivity index (χ2n) is 2.74. The average molecular weight is 207 g/mol. The molecule has 0 unspecified atom stereocenters. The first kappa shape index (κ1) is 11.3. The van der Waals surface area contributed by atoms with Crippen molar-refractivity contribution in [3.05, 3.63) is 36.9 Å². The number of carbonyl (C=O) groups is 1. The Hall–Kier alpha value is -1.81. The van der Waals surface area contributed by atoms with Crippen molar-refractivity contribution in [1.82, 2.24) is 0 Å². The number of nitrogens with one attached hydrogen (secondary N) is 1. The molecule has 0 aliphatic carbocycles. The molecule has 1 N–H and O–H groups in total. The van der Waals surface area contributed by atoms with Crippen molar-refractivity contribution in [3.63, 3.8) is 0 Å². The van der Waals surface area contributed by atoms with Crippen molar-refractivity contribution in [2.75, 3.05) is 19.2 Å². The number of hydrogen-bond acceptors (Lipinski definition) is 3. The number of benzene rings is 1. The van der Waals surface area contributed by atoms with Gasteiger partial charge in [0.05, 0.1) is 5.69 Å². The molecular formula is C11H13NO3. The number of hydrogen-bond donors (Lipinski definition) is 1. The van der Waals surface area contributed by atoms with Crippen LogP contribution < -0.4 is 10.1 Å². The molecular weight excluding hydrogens is 194 g/mol. The highest BCUT2D eigenvalue weighted by Crippen LogP contribution is 2.23. The lowest BCUT2D eigenvalue weighted by atomic mass is 10.3. The molecule has 0 aromatic heterocycles. The maximum absolute atomic E-state index is 11.1. The van der Waals surface area contributed by atoms with Gasteiger partial charge in [-0.25, -0.2) is 0 Å². The van der Waals surface area contributed by atoms with Crippen LogP contribution in [0.1, 0.15) is 0 Å². The maximum Gasteiger partial charge on any atom is 0.247 e. The lowest BCUT2D eigenvalue weighted by Crippen LogP contribution is -2.09. The van der Waals surface area contributed by atoms with Gasteiger partial charge in [-0.1, -0.05) is 18.7 Å². The van der Waals surface area contributed by atoms with Gasteiger partial charge in [0.25, 0.3) is 0 Å². The van der Waals surface area contributed by atoms with E-state index in [0.717, 1.165) is 0 Å². The van der Waals surface area contributed by atoms with Crippen molar-refractivity contribution in [1.29, 1.82) is 0 Å². The van der Waals surface area contributed by atoms with Crippen LogP contribution in [0.2, 0.25) is 0 Å². The Kier molecular flexibility index (Phi) is 4.37. The van der Waals surface area contributed by atoms with Gasteiger partial charge in [0.15, 0.2) is 6.79 Å². The zero-order chi connectivity index (χ0) is 11.1. The van der Waals surface area contributed by atoms with Crippen LogP contribution in [0.4, 0.5) is 5.69 Å². The number of para-hydroxylation sites is 2. The van der Waals surface area contributed by atoms with Gasteiger partial charge in [-0.3, -0.25) is 4.79 Å². The summed E-state index contributed by atoms with van der Waals surface area (Å²) in [4.78, 5) is 11.1. The molecule has 4 heteroatoms. The summed E-state index contributed by atoms with van der Waals surface area (Å²) >= 11 is 0. The Morgan fingerprint density at radius 2 is 2.27 bits per heavy atom. The molecule has 80 valence electrons. The number of methoxy groups -OCH3 is 1. The number of ether oxygens (including phenoxy) is 2. The van der Waals surface area contributed by atoms with Crippen LogP contribution in [-0.4, -0.2) is 19.8 Å². The summed E-state index contributed by atoms with van der Waals surface area (Å²) in [7, 11) is 1.53. The van der Waals surface area contributed by atoms with Crippen molar-refractivity contribution >= 4 is 11.6 Å². The van der Waals surface area contributed by atoms with Crippen LogP contribution in [0.25, 0.3) is 0 Å². The molecule has 0 radical (unpaired) electrons. The van der Waals surface area contributed by atoms with Gasteiger partial charge in [0.1, 0.15) is 5.75 Å². The van der Waals surface area contributed by atoms with E-state index in [2.05, 4.69) is 11.9 Å². The lowest BCUT2D eigenvalue weighted by molar-refractivity contribution is -0.111. The zero-order valence-electron chi connectivity index (χ0n) is 8.53. The quantitative estimate of drug-likeness (QED) is 0.591. The molecule has 1 rings (SSSR count). The van der Waals surface area contributed by atoms with E-state index in [1.165, 1.54) is 13.2 Å². The van der Waals surface area contributed by atoms with Gasteiger partial charge in [-0.05, 0) is 18.2 Å². The Bertz CT molecular complexity index is 349. The van der Waals surface area contributed by atoms with Crippen LogP contribution in [0.3, 0.4) is 0 Å². The van der Waals surface area contributed by atoms with E-state index < -0.39 is 0 Å². The molecule has 0 aliphatic rings. The number of anilines is 1. The summed E-state index contributed by atoms with van der Waals surface area (Å²) < 4.78 is 10.0. The Balaban J connectivity index is 2.76. The highest BCUT2D eigenvalue weighted by atomic mass is 16.7. The molecule has 15 heavy (non-hydrogen) atoms. The van der Waals surface area contributed by atoms with E-state index in [4.69, 9.17) is 9.47 Å². The Morgan fingerprint density at radius 1 is 1.53 bits per heavy atom. The molecule has 4 nitrogen and oxygen atoms in total. The highest BCUT2D eigenvalue weighted by Gasteiger charge is 2.04. The fourth-order valence-electron chi connectivity index (χ4n) is 1.00. The van der Waals surface area contributed by atoms with Crippen LogP contribution in [-0.2, 0) is 9.53 Å². The summed E-state index contributed by atoms with van der Waals surface area (Å²) in [5.74, 6) is 0.290. The first-order valence-corrected chi connectivity index (χ1v) is 4.42. The molecule has 0 heterocycles. The number of rotatable bonds is 5. The van der Waals surface area contributed by atoms with Gasteiger partial charge < -0.3 is 14.8 Å². The van der Waals surface area contributed by atoms with E-state index in [0.29, 0.717) is 11.4 Å². The number of carbonyl (C=O) groups excluding carboxylic acids is 1. The van der Waals surface area contributed by atoms with E-state index in [9.17, 15) is 4.79 Å². The third-order valence-electron chi connectivity index (χ3n) is 1.66. The molecule has 0 saturated heterocycles. The van der Waals surface area contributed by atoms with Gasteiger partial charge in [0, 0.05) is 7.11 Å². The fourth-order valence-corrected chi connectivity index (χ4v) is 1.00. The largest absolute Gasteiger partial charge is 0.465 e. The van der Waals surface area contributed by atoms with Crippen LogP contribution in [0.15, 0.2) is 36.9 Å². The third kappa shape index (κ3) is 3.44. The number of amides is 1. The average Bonchev–Trinajstić information content (AvgIpc) is 2.28. The monoisotopic (exact) mass is 207 g/mol.